The first-order valence-electron chi connectivity index (χ1n) is 10.9. The highest BCUT2D eigenvalue weighted by Gasteiger charge is 2.41. The second kappa shape index (κ2) is 10.0. The van der Waals surface area contributed by atoms with Crippen LogP contribution in [-0.4, -0.2) is 46.8 Å². The molecule has 2 aromatic rings. The van der Waals surface area contributed by atoms with Gasteiger partial charge in [0.2, 0.25) is 11.8 Å². The van der Waals surface area contributed by atoms with Gasteiger partial charge in [0.25, 0.3) is 5.91 Å². The summed E-state index contributed by atoms with van der Waals surface area (Å²) in [7, 11) is 0. The number of nitrogens with two attached hydrogens (primary N) is 1. The number of hydrogen-bond donors (Lipinski definition) is 2. The lowest BCUT2D eigenvalue weighted by atomic mass is 9.91. The van der Waals surface area contributed by atoms with Crippen LogP contribution in [0.25, 0.3) is 0 Å². The van der Waals surface area contributed by atoms with E-state index in [4.69, 9.17) is 10.5 Å². The number of amides is 3. The number of benzene rings is 2. The summed E-state index contributed by atoms with van der Waals surface area (Å²) in [6.45, 7) is 5.31. The lowest BCUT2D eigenvalue weighted by Crippen LogP contribution is -2.54. The molecule has 0 saturated heterocycles. The molecule has 3 amide bonds. The summed E-state index contributed by atoms with van der Waals surface area (Å²) in [5.74, 6) is -3.80. The number of rotatable bonds is 6. The van der Waals surface area contributed by atoms with Crippen molar-refractivity contribution in [3.8, 4) is 0 Å². The second-order valence-electron chi connectivity index (χ2n) is 9.09. The summed E-state index contributed by atoms with van der Waals surface area (Å²) >= 11 is 0. The molecule has 0 saturated carbocycles. The number of halogens is 1. The maximum absolute atomic E-state index is 14.1. The fourth-order valence-corrected chi connectivity index (χ4v) is 3.90. The first kappa shape index (κ1) is 24.9. The summed E-state index contributed by atoms with van der Waals surface area (Å²) in [6.07, 6.45) is -0.0516. The van der Waals surface area contributed by atoms with Crippen molar-refractivity contribution in [3.63, 3.8) is 0 Å². The Bertz CT molecular complexity index is 1110. The fourth-order valence-electron chi connectivity index (χ4n) is 3.90. The van der Waals surface area contributed by atoms with Gasteiger partial charge < -0.3 is 20.7 Å². The first-order valence-corrected chi connectivity index (χ1v) is 10.9. The molecule has 9 heteroatoms. The molecule has 8 nitrogen and oxygen atoms in total. The van der Waals surface area contributed by atoms with Crippen LogP contribution in [0.15, 0.2) is 48.5 Å². The van der Waals surface area contributed by atoms with Gasteiger partial charge in [0.1, 0.15) is 17.5 Å². The highest BCUT2D eigenvalue weighted by atomic mass is 19.1. The smallest absolute Gasteiger partial charge is 0.334 e. The van der Waals surface area contributed by atoms with Crippen molar-refractivity contribution in [1.82, 2.24) is 10.2 Å². The minimum atomic E-state index is -1.39. The molecule has 180 valence electrons. The van der Waals surface area contributed by atoms with Crippen LogP contribution in [0.4, 0.5) is 4.39 Å². The number of fused-ring (bicyclic) bond motifs is 1. The van der Waals surface area contributed by atoms with Gasteiger partial charge in [-0.25, -0.2) is 9.18 Å². The van der Waals surface area contributed by atoms with E-state index < -0.39 is 53.6 Å². The van der Waals surface area contributed by atoms with Crippen molar-refractivity contribution < 1.29 is 28.3 Å². The third-order valence-electron chi connectivity index (χ3n) is 5.32. The molecule has 1 aliphatic heterocycles. The lowest BCUT2D eigenvalue weighted by Gasteiger charge is -2.38. The zero-order valence-electron chi connectivity index (χ0n) is 19.3. The lowest BCUT2D eigenvalue weighted by molar-refractivity contribution is -0.166. The number of hydrogen-bond acceptors (Lipinski definition) is 5. The molecule has 1 aliphatic rings. The summed E-state index contributed by atoms with van der Waals surface area (Å²) in [5, 5.41) is 2.41. The van der Waals surface area contributed by atoms with Gasteiger partial charge in [0.15, 0.2) is 6.04 Å². The zero-order valence-corrected chi connectivity index (χ0v) is 19.3. The van der Waals surface area contributed by atoms with E-state index >= 15 is 0 Å². The largest absolute Gasteiger partial charge is 0.458 e. The molecule has 2 aromatic carbocycles. The predicted molar refractivity (Wildman–Crippen MR) is 122 cm³/mol. The molecule has 1 heterocycles. The normalized spacial score (nSPS) is 16.2. The molecule has 34 heavy (non-hydrogen) atoms. The maximum atomic E-state index is 14.1. The Labute approximate surface area is 197 Å². The number of carbonyl (C=O) groups excluding carboxylic acids is 4. The van der Waals surface area contributed by atoms with E-state index in [2.05, 4.69) is 5.32 Å². The summed E-state index contributed by atoms with van der Waals surface area (Å²) in [5.41, 5.74) is 5.75. The SMILES string of the molecule is CC(C)(C)OC(=O)C1c2ccccc2CCN1C(=O)C(CC(N)=O)NC(=O)c1ccccc1F. The standard InChI is InChI=1S/C25H28FN3O5/c1-25(2,3)34-24(33)21-16-9-5-4-8-15(16)12-13-29(21)23(32)19(14-20(27)30)28-22(31)17-10-6-7-11-18(17)26/h4-11,19,21H,12-14H2,1-3H3,(H2,27,30)(H,28,31). The quantitative estimate of drug-likeness (QED) is 0.629. The van der Waals surface area contributed by atoms with E-state index in [0.29, 0.717) is 12.0 Å². The number of esters is 1. The van der Waals surface area contributed by atoms with Crippen molar-refractivity contribution in [2.75, 3.05) is 6.54 Å². The number of ether oxygens (including phenoxy) is 1. The molecule has 0 aliphatic carbocycles. The summed E-state index contributed by atoms with van der Waals surface area (Å²) in [6, 6.07) is 10.0. The van der Waals surface area contributed by atoms with E-state index in [1.165, 1.54) is 23.1 Å². The Balaban J connectivity index is 1.94. The van der Waals surface area contributed by atoms with Gasteiger partial charge in [-0.3, -0.25) is 14.4 Å². The molecule has 3 rings (SSSR count). The predicted octanol–water partition coefficient (Wildman–Crippen LogP) is 2.27. The number of nitrogens with one attached hydrogen (secondary N) is 1. The Morgan fingerprint density at radius 2 is 1.76 bits per heavy atom. The fraction of sp³-hybridized carbons (Fsp3) is 0.360. The van der Waals surface area contributed by atoms with Crippen molar-refractivity contribution >= 4 is 23.7 Å². The Morgan fingerprint density at radius 3 is 2.41 bits per heavy atom. The maximum Gasteiger partial charge on any atom is 0.334 e. The monoisotopic (exact) mass is 469 g/mol. The van der Waals surface area contributed by atoms with Gasteiger partial charge in [-0.15, -0.1) is 0 Å². The van der Waals surface area contributed by atoms with Crippen LogP contribution in [0.1, 0.15) is 54.7 Å². The molecule has 0 fully saturated rings. The topological polar surface area (TPSA) is 119 Å². The molecule has 0 radical (unpaired) electrons. The van der Waals surface area contributed by atoms with E-state index in [1.807, 2.05) is 12.1 Å². The number of primary amides is 1. The van der Waals surface area contributed by atoms with Crippen LogP contribution in [0.5, 0.6) is 0 Å². The third kappa shape index (κ3) is 5.78. The van der Waals surface area contributed by atoms with Gasteiger partial charge in [0.05, 0.1) is 12.0 Å². The molecule has 2 atom stereocenters. The first-order chi connectivity index (χ1) is 16.0. The molecule has 0 aromatic heterocycles. The van der Waals surface area contributed by atoms with E-state index in [1.54, 1.807) is 32.9 Å². The molecular weight excluding hydrogens is 441 g/mol. The van der Waals surface area contributed by atoms with Crippen molar-refractivity contribution in [2.45, 2.75) is 51.3 Å². The van der Waals surface area contributed by atoms with Crippen molar-refractivity contribution in [1.29, 1.82) is 0 Å². The zero-order chi connectivity index (χ0) is 25.0. The van der Waals surface area contributed by atoms with Gasteiger partial charge >= 0.3 is 5.97 Å². The minimum absolute atomic E-state index is 0.157. The average molecular weight is 470 g/mol. The minimum Gasteiger partial charge on any atom is -0.458 e. The van der Waals surface area contributed by atoms with Gasteiger partial charge in [-0.05, 0) is 50.5 Å². The summed E-state index contributed by atoms with van der Waals surface area (Å²) in [4.78, 5) is 52.4. The van der Waals surface area contributed by atoms with Crippen LogP contribution < -0.4 is 11.1 Å². The molecule has 0 bridgehead atoms. The highest BCUT2D eigenvalue weighted by Crippen LogP contribution is 2.32. The molecular formula is C25H28FN3O5. The van der Waals surface area contributed by atoms with Crippen LogP contribution in [0.2, 0.25) is 0 Å². The van der Waals surface area contributed by atoms with Crippen LogP contribution in [-0.2, 0) is 25.5 Å². The van der Waals surface area contributed by atoms with Gasteiger partial charge in [-0.1, -0.05) is 36.4 Å². The van der Waals surface area contributed by atoms with Crippen molar-refractivity contribution in [2.24, 2.45) is 5.73 Å². The molecule has 3 N–H and O–H groups in total. The van der Waals surface area contributed by atoms with Gasteiger partial charge in [-0.2, -0.15) is 0 Å². The third-order valence-corrected chi connectivity index (χ3v) is 5.32. The number of nitrogens with zero attached hydrogens (tertiary/aromatic N) is 1. The number of carbonyl (C=O) groups is 4. The van der Waals surface area contributed by atoms with E-state index in [-0.39, 0.29) is 12.1 Å². The highest BCUT2D eigenvalue weighted by molar-refractivity contribution is 6.00. The Morgan fingerprint density at radius 1 is 1.12 bits per heavy atom. The second-order valence-corrected chi connectivity index (χ2v) is 9.09. The van der Waals surface area contributed by atoms with E-state index in [0.717, 1.165) is 11.6 Å². The van der Waals surface area contributed by atoms with Gasteiger partial charge in [0, 0.05) is 6.54 Å². The average Bonchev–Trinajstić information content (AvgIpc) is 2.76. The van der Waals surface area contributed by atoms with Crippen molar-refractivity contribution in [3.05, 3.63) is 71.0 Å². The van der Waals surface area contributed by atoms with Crippen LogP contribution in [0.3, 0.4) is 0 Å². The Hall–Kier alpha value is -3.75. The molecule has 0 spiro atoms. The summed E-state index contributed by atoms with van der Waals surface area (Å²) < 4.78 is 19.7. The molecule has 2 unspecified atom stereocenters. The van der Waals surface area contributed by atoms with Crippen LogP contribution in [0, 0.1) is 5.82 Å². The Kier molecular flexibility index (Phi) is 7.34. The van der Waals surface area contributed by atoms with E-state index in [9.17, 15) is 23.6 Å². The van der Waals surface area contributed by atoms with Crippen LogP contribution >= 0.6 is 0 Å².